The number of carbonyl (C=O) groups is 2. The van der Waals surface area contributed by atoms with Crippen molar-refractivity contribution < 1.29 is 19.1 Å². The zero-order valence-corrected chi connectivity index (χ0v) is 19.0. The molecule has 3 aromatic rings. The lowest BCUT2D eigenvalue weighted by Crippen LogP contribution is -2.28. The molecule has 4 rings (SSSR count). The number of thioether (sulfide) groups is 1. The number of carbonyl (C=O) groups excluding carboxylic acids is 2. The molecule has 0 unspecified atom stereocenters. The molecule has 2 amide bonds. The van der Waals surface area contributed by atoms with Crippen LogP contribution < -0.4 is 14.4 Å². The van der Waals surface area contributed by atoms with Gasteiger partial charge in [0.25, 0.3) is 11.1 Å². The minimum absolute atomic E-state index is 0.329. The molecule has 0 radical (unpaired) electrons. The molecule has 1 fully saturated rings. The summed E-state index contributed by atoms with van der Waals surface area (Å²) in [5.41, 5.74) is 2.18. The highest BCUT2D eigenvalue weighted by molar-refractivity contribution is 9.10. The van der Waals surface area contributed by atoms with Crippen LogP contribution in [0.25, 0.3) is 6.08 Å². The number of hydrogen-bond acceptors (Lipinski definition) is 5. The number of anilines is 1. The van der Waals surface area contributed by atoms with Crippen LogP contribution in [0, 0.1) is 0 Å². The van der Waals surface area contributed by atoms with Gasteiger partial charge in [0.05, 0.1) is 17.7 Å². The number of rotatable bonds is 6. The van der Waals surface area contributed by atoms with Gasteiger partial charge in [0.2, 0.25) is 0 Å². The monoisotopic (exact) mass is 495 g/mol. The molecule has 1 aliphatic heterocycles. The number of methoxy groups -OCH3 is 1. The predicted molar refractivity (Wildman–Crippen MR) is 126 cm³/mol. The minimum Gasteiger partial charge on any atom is -0.495 e. The van der Waals surface area contributed by atoms with Crippen LogP contribution in [0.15, 0.2) is 82.2 Å². The number of halogens is 1. The Balaban J connectivity index is 1.58. The van der Waals surface area contributed by atoms with Gasteiger partial charge in [0.15, 0.2) is 0 Å². The minimum atomic E-state index is -0.387. The fourth-order valence-electron chi connectivity index (χ4n) is 3.10. The van der Waals surface area contributed by atoms with Crippen molar-refractivity contribution in [3.05, 3.63) is 93.3 Å². The number of ether oxygens (including phenoxy) is 2. The van der Waals surface area contributed by atoms with E-state index in [1.165, 1.54) is 7.11 Å². The van der Waals surface area contributed by atoms with E-state index in [2.05, 4.69) is 15.9 Å². The van der Waals surface area contributed by atoms with Crippen molar-refractivity contribution in [3.63, 3.8) is 0 Å². The molecule has 156 valence electrons. The molecule has 0 bridgehead atoms. The largest absolute Gasteiger partial charge is 0.495 e. The van der Waals surface area contributed by atoms with Crippen molar-refractivity contribution in [2.45, 2.75) is 6.61 Å². The molecule has 0 saturated carbocycles. The smallest absolute Gasteiger partial charge is 0.298 e. The summed E-state index contributed by atoms with van der Waals surface area (Å²) in [6.07, 6.45) is 1.69. The summed E-state index contributed by atoms with van der Waals surface area (Å²) in [6, 6.07) is 22.3. The Hall–Kier alpha value is -3.03. The third kappa shape index (κ3) is 4.68. The topological polar surface area (TPSA) is 55.8 Å². The van der Waals surface area contributed by atoms with Crippen molar-refractivity contribution in [2.24, 2.45) is 0 Å². The van der Waals surface area contributed by atoms with Crippen LogP contribution in [0.5, 0.6) is 11.5 Å². The first-order valence-electron chi connectivity index (χ1n) is 9.44. The maximum absolute atomic E-state index is 13.0. The highest BCUT2D eigenvalue weighted by Gasteiger charge is 2.37. The van der Waals surface area contributed by atoms with Gasteiger partial charge < -0.3 is 9.47 Å². The quantitative estimate of drug-likeness (QED) is 0.376. The maximum Gasteiger partial charge on any atom is 0.298 e. The second-order valence-corrected chi connectivity index (χ2v) is 8.55. The lowest BCUT2D eigenvalue weighted by Gasteiger charge is -2.15. The van der Waals surface area contributed by atoms with Crippen LogP contribution in [0.1, 0.15) is 11.1 Å². The van der Waals surface area contributed by atoms with Crippen LogP contribution in [0.3, 0.4) is 0 Å². The second kappa shape index (κ2) is 9.41. The summed E-state index contributed by atoms with van der Waals surface area (Å²) in [6.45, 7) is 0.390. The van der Waals surface area contributed by atoms with E-state index in [1.54, 1.807) is 30.3 Å². The Kier molecular flexibility index (Phi) is 6.44. The lowest BCUT2D eigenvalue weighted by atomic mass is 10.1. The third-order valence-corrected chi connectivity index (χ3v) is 6.03. The molecule has 31 heavy (non-hydrogen) atoms. The van der Waals surface area contributed by atoms with Crippen LogP contribution in [0.2, 0.25) is 0 Å². The van der Waals surface area contributed by atoms with Gasteiger partial charge in [0, 0.05) is 10.0 Å². The first-order valence-corrected chi connectivity index (χ1v) is 11.0. The van der Waals surface area contributed by atoms with Gasteiger partial charge in [0.1, 0.15) is 18.1 Å². The molecule has 1 aliphatic rings. The Morgan fingerprint density at radius 1 is 0.935 bits per heavy atom. The summed E-state index contributed by atoms with van der Waals surface area (Å²) in [4.78, 5) is 27.1. The van der Waals surface area contributed by atoms with Crippen molar-refractivity contribution >= 4 is 50.6 Å². The van der Waals surface area contributed by atoms with Gasteiger partial charge >= 0.3 is 0 Å². The lowest BCUT2D eigenvalue weighted by molar-refractivity contribution is -0.113. The molecule has 3 aromatic carbocycles. The number of hydrogen-bond donors (Lipinski definition) is 0. The highest BCUT2D eigenvalue weighted by Crippen LogP contribution is 2.40. The van der Waals surface area contributed by atoms with Crippen molar-refractivity contribution in [1.82, 2.24) is 0 Å². The van der Waals surface area contributed by atoms with Gasteiger partial charge in [-0.15, -0.1) is 0 Å². The molecular formula is C24H18BrNO4S. The van der Waals surface area contributed by atoms with Gasteiger partial charge in [-0.1, -0.05) is 58.4 Å². The van der Waals surface area contributed by atoms with Crippen LogP contribution in [-0.2, 0) is 11.4 Å². The zero-order chi connectivity index (χ0) is 21.8. The Morgan fingerprint density at radius 3 is 2.35 bits per heavy atom. The fraction of sp³-hybridized carbons (Fsp3) is 0.0833. The van der Waals surface area contributed by atoms with E-state index in [9.17, 15) is 9.59 Å². The molecule has 0 atom stereocenters. The number of amides is 2. The second-order valence-electron chi connectivity index (χ2n) is 6.64. The van der Waals surface area contributed by atoms with Crippen LogP contribution >= 0.6 is 27.7 Å². The Bertz CT molecular complexity index is 1160. The molecule has 0 aromatic heterocycles. The summed E-state index contributed by atoms with van der Waals surface area (Å²) in [5, 5.41) is -0.367. The fourth-order valence-corrected chi connectivity index (χ4v) is 4.19. The molecule has 1 heterocycles. The SMILES string of the molecule is COc1ccccc1N1C(=O)S/C(=C\c2ccccc2OCc2ccc(Br)cc2)C1=O. The van der Waals surface area contributed by atoms with E-state index in [0.29, 0.717) is 28.7 Å². The normalized spacial score (nSPS) is 14.9. The molecule has 5 nitrogen and oxygen atoms in total. The molecule has 0 aliphatic carbocycles. The van der Waals surface area contributed by atoms with E-state index < -0.39 is 0 Å². The van der Waals surface area contributed by atoms with Gasteiger partial charge in [-0.25, -0.2) is 4.90 Å². The average molecular weight is 496 g/mol. The number of benzene rings is 3. The van der Waals surface area contributed by atoms with Gasteiger partial charge in [-0.2, -0.15) is 0 Å². The van der Waals surface area contributed by atoms with Crippen molar-refractivity contribution in [2.75, 3.05) is 12.0 Å². The van der Waals surface area contributed by atoms with Gasteiger partial charge in [-0.05, 0) is 53.7 Å². The summed E-state index contributed by atoms with van der Waals surface area (Å²) >= 11 is 4.32. The molecule has 1 saturated heterocycles. The first-order chi connectivity index (χ1) is 15.1. The van der Waals surface area contributed by atoms with Crippen molar-refractivity contribution in [1.29, 1.82) is 0 Å². The number of imide groups is 1. The zero-order valence-electron chi connectivity index (χ0n) is 16.6. The Morgan fingerprint density at radius 2 is 1.61 bits per heavy atom. The van der Waals surface area contributed by atoms with Crippen LogP contribution in [-0.4, -0.2) is 18.3 Å². The highest BCUT2D eigenvalue weighted by atomic mass is 79.9. The summed E-state index contributed by atoms with van der Waals surface area (Å²) < 4.78 is 12.3. The molecule has 0 spiro atoms. The number of nitrogens with zero attached hydrogens (tertiary/aromatic N) is 1. The van der Waals surface area contributed by atoms with E-state index >= 15 is 0 Å². The standard InChI is InChI=1S/C24H18BrNO4S/c1-29-21-9-5-3-7-19(21)26-23(27)22(31-24(26)28)14-17-6-2-4-8-20(17)30-15-16-10-12-18(25)13-11-16/h2-14H,15H2,1H3/b22-14-. The van der Waals surface area contributed by atoms with Crippen molar-refractivity contribution in [3.8, 4) is 11.5 Å². The predicted octanol–water partition coefficient (Wildman–Crippen LogP) is 6.28. The van der Waals surface area contributed by atoms with Gasteiger partial charge in [-0.3, -0.25) is 9.59 Å². The summed E-state index contributed by atoms with van der Waals surface area (Å²) in [7, 11) is 1.51. The first kappa shape index (κ1) is 21.2. The number of para-hydroxylation sites is 3. The van der Waals surface area contributed by atoms with E-state index in [4.69, 9.17) is 9.47 Å². The maximum atomic E-state index is 13.0. The van der Waals surface area contributed by atoms with E-state index in [1.807, 2.05) is 48.5 Å². The third-order valence-electron chi connectivity index (χ3n) is 4.63. The average Bonchev–Trinajstić information content (AvgIpc) is 3.06. The molecule has 7 heteroatoms. The molecular weight excluding hydrogens is 478 g/mol. The van der Waals surface area contributed by atoms with E-state index in [-0.39, 0.29) is 11.1 Å². The Labute approximate surface area is 192 Å². The molecule has 0 N–H and O–H groups in total. The van der Waals surface area contributed by atoms with Crippen LogP contribution in [0.4, 0.5) is 10.5 Å². The summed E-state index contributed by atoms with van der Waals surface area (Å²) in [5.74, 6) is 0.709. The van der Waals surface area contributed by atoms with E-state index in [0.717, 1.165) is 32.3 Å².